The second-order valence-corrected chi connectivity index (χ2v) is 8.62. The van der Waals surface area contributed by atoms with Gasteiger partial charge in [-0.15, -0.1) is 0 Å². The summed E-state index contributed by atoms with van der Waals surface area (Å²) in [6.45, 7) is 3.64. The van der Waals surface area contributed by atoms with Gasteiger partial charge in [0.1, 0.15) is 23.8 Å². The zero-order chi connectivity index (χ0) is 20.1. The Morgan fingerprint density at radius 1 is 1.21 bits per heavy atom. The molecular formula is C15H18N8O3S2. The Morgan fingerprint density at radius 2 is 2.04 bits per heavy atom. The van der Waals surface area contributed by atoms with Gasteiger partial charge in [0, 0.05) is 38.5 Å². The van der Waals surface area contributed by atoms with E-state index in [1.807, 2.05) is 11.5 Å². The second-order valence-electron chi connectivity index (χ2n) is 5.60. The predicted molar refractivity (Wildman–Crippen MR) is 104 cm³/mol. The molecule has 0 aliphatic heterocycles. The van der Waals surface area contributed by atoms with Gasteiger partial charge in [-0.25, -0.2) is 33.1 Å². The van der Waals surface area contributed by atoms with Crippen LogP contribution in [0.25, 0.3) is 5.82 Å². The molecule has 0 aliphatic carbocycles. The van der Waals surface area contributed by atoms with Gasteiger partial charge in [-0.1, -0.05) is 11.3 Å². The lowest BCUT2D eigenvalue weighted by Gasteiger charge is -2.09. The highest BCUT2D eigenvalue weighted by atomic mass is 32.2. The van der Waals surface area contributed by atoms with E-state index in [1.54, 1.807) is 18.5 Å². The lowest BCUT2D eigenvalue weighted by atomic mass is 10.5. The number of aryl methyl sites for hydroxylation is 1. The number of carbonyl (C=O) groups is 1. The first-order valence-electron chi connectivity index (χ1n) is 8.14. The highest BCUT2D eigenvalue weighted by molar-refractivity contribution is 7.91. The Labute approximate surface area is 165 Å². The summed E-state index contributed by atoms with van der Waals surface area (Å²) in [5, 5.41) is 5.72. The highest BCUT2D eigenvalue weighted by Crippen LogP contribution is 2.22. The van der Waals surface area contributed by atoms with Crippen molar-refractivity contribution >= 4 is 38.2 Å². The summed E-state index contributed by atoms with van der Waals surface area (Å²) in [5.74, 6) is 1.69. The molecule has 0 bridgehead atoms. The predicted octanol–water partition coefficient (Wildman–Crippen LogP) is 0.776. The minimum atomic E-state index is -3.71. The van der Waals surface area contributed by atoms with E-state index in [9.17, 15) is 13.2 Å². The van der Waals surface area contributed by atoms with Crippen molar-refractivity contribution in [3.05, 3.63) is 36.8 Å². The third-order valence-corrected chi connectivity index (χ3v) is 6.32. The van der Waals surface area contributed by atoms with Crippen molar-refractivity contribution in [3.8, 4) is 5.82 Å². The number of anilines is 2. The number of amides is 1. The number of aromatic nitrogens is 5. The van der Waals surface area contributed by atoms with E-state index >= 15 is 0 Å². The Bertz CT molecular complexity index is 1080. The SMILES string of the molecule is CC(=O)Nc1ncc(S(=O)(=O)NCCNc2cc(-n3ccnc3C)ncn2)s1. The standard InChI is InChI=1S/C15H18N8O3S2/c1-10-16-5-6-23(10)13-7-12(19-9-20-13)17-3-4-21-28(25,26)14-8-18-15(27-14)22-11(2)24/h5-9,21H,3-4H2,1-2H3,(H,17,19,20)(H,18,22,24). The molecule has 1 amide bonds. The number of hydrogen-bond donors (Lipinski definition) is 3. The number of imidazole rings is 1. The van der Waals surface area contributed by atoms with Gasteiger partial charge >= 0.3 is 0 Å². The van der Waals surface area contributed by atoms with Crippen LogP contribution in [0.4, 0.5) is 10.9 Å². The van der Waals surface area contributed by atoms with Crippen LogP contribution in [0.1, 0.15) is 12.7 Å². The van der Waals surface area contributed by atoms with Gasteiger partial charge in [0.05, 0.1) is 6.20 Å². The number of carbonyl (C=O) groups excluding carboxylic acids is 1. The summed E-state index contributed by atoms with van der Waals surface area (Å²) < 4.78 is 28.9. The Morgan fingerprint density at radius 3 is 2.75 bits per heavy atom. The van der Waals surface area contributed by atoms with Gasteiger partial charge in [0.15, 0.2) is 9.34 Å². The molecule has 0 saturated heterocycles. The van der Waals surface area contributed by atoms with Crippen LogP contribution in [-0.2, 0) is 14.8 Å². The smallest absolute Gasteiger partial charge is 0.251 e. The molecule has 0 aromatic carbocycles. The van der Waals surface area contributed by atoms with Gasteiger partial charge in [0.25, 0.3) is 10.0 Å². The van der Waals surface area contributed by atoms with E-state index in [-0.39, 0.29) is 21.8 Å². The Kier molecular flexibility index (Phi) is 5.96. The first-order chi connectivity index (χ1) is 13.3. The van der Waals surface area contributed by atoms with Crippen LogP contribution in [0.15, 0.2) is 35.2 Å². The van der Waals surface area contributed by atoms with Crippen molar-refractivity contribution in [3.63, 3.8) is 0 Å². The lowest BCUT2D eigenvalue weighted by Crippen LogP contribution is -2.28. The zero-order valence-corrected chi connectivity index (χ0v) is 16.7. The highest BCUT2D eigenvalue weighted by Gasteiger charge is 2.17. The molecule has 3 aromatic heterocycles. The van der Waals surface area contributed by atoms with Gasteiger partial charge in [0.2, 0.25) is 5.91 Å². The van der Waals surface area contributed by atoms with Gasteiger partial charge in [-0.05, 0) is 6.92 Å². The Balaban J connectivity index is 1.55. The van der Waals surface area contributed by atoms with Crippen LogP contribution in [0, 0.1) is 6.92 Å². The maximum Gasteiger partial charge on any atom is 0.251 e. The summed E-state index contributed by atoms with van der Waals surface area (Å²) in [7, 11) is -3.71. The number of rotatable bonds is 8. The molecule has 3 N–H and O–H groups in total. The van der Waals surface area contributed by atoms with E-state index in [0.29, 0.717) is 18.2 Å². The van der Waals surface area contributed by atoms with Crippen molar-refractivity contribution in [1.29, 1.82) is 0 Å². The fourth-order valence-electron chi connectivity index (χ4n) is 2.23. The number of thiazole rings is 1. The molecule has 0 fully saturated rings. The number of nitrogens with one attached hydrogen (secondary N) is 3. The molecule has 3 aromatic rings. The molecule has 3 rings (SSSR count). The third kappa shape index (κ3) is 4.88. The largest absolute Gasteiger partial charge is 0.369 e. The minimum Gasteiger partial charge on any atom is -0.369 e. The van der Waals surface area contributed by atoms with Crippen LogP contribution in [-0.4, -0.2) is 51.9 Å². The van der Waals surface area contributed by atoms with Crippen molar-refractivity contribution in [1.82, 2.24) is 29.2 Å². The lowest BCUT2D eigenvalue weighted by molar-refractivity contribution is -0.114. The molecule has 0 unspecified atom stereocenters. The molecule has 0 aliphatic rings. The maximum atomic E-state index is 12.3. The third-order valence-electron chi connectivity index (χ3n) is 3.48. The average molecular weight is 422 g/mol. The molecule has 148 valence electrons. The van der Waals surface area contributed by atoms with Gasteiger partial charge < -0.3 is 10.6 Å². The first-order valence-corrected chi connectivity index (χ1v) is 10.4. The molecule has 0 saturated carbocycles. The van der Waals surface area contributed by atoms with Crippen molar-refractivity contribution < 1.29 is 13.2 Å². The van der Waals surface area contributed by atoms with Crippen LogP contribution in [0.2, 0.25) is 0 Å². The van der Waals surface area contributed by atoms with Gasteiger partial charge in [-0.2, -0.15) is 0 Å². The molecule has 0 radical (unpaired) electrons. The van der Waals surface area contributed by atoms with Crippen LogP contribution >= 0.6 is 11.3 Å². The molecule has 0 spiro atoms. The normalized spacial score (nSPS) is 11.4. The zero-order valence-electron chi connectivity index (χ0n) is 15.1. The first kappa shape index (κ1) is 19.9. The fourth-order valence-corrected chi connectivity index (χ4v) is 4.39. The fraction of sp³-hybridized carbons (Fsp3) is 0.267. The quantitative estimate of drug-likeness (QED) is 0.452. The molecule has 11 nitrogen and oxygen atoms in total. The van der Waals surface area contributed by atoms with Gasteiger partial charge in [-0.3, -0.25) is 9.36 Å². The van der Waals surface area contributed by atoms with E-state index in [0.717, 1.165) is 17.2 Å². The molecule has 3 heterocycles. The van der Waals surface area contributed by atoms with E-state index < -0.39 is 10.0 Å². The molecule has 13 heteroatoms. The number of nitrogens with zero attached hydrogens (tertiary/aromatic N) is 5. The summed E-state index contributed by atoms with van der Waals surface area (Å²) in [5.41, 5.74) is 0. The van der Waals surface area contributed by atoms with Crippen LogP contribution in [0.3, 0.4) is 0 Å². The number of hydrogen-bond acceptors (Lipinski definition) is 9. The van der Waals surface area contributed by atoms with E-state index in [2.05, 4.69) is 35.3 Å². The topological polar surface area (TPSA) is 144 Å². The molecule has 28 heavy (non-hydrogen) atoms. The second kappa shape index (κ2) is 8.41. The van der Waals surface area contributed by atoms with Crippen molar-refractivity contribution in [2.75, 3.05) is 23.7 Å². The number of sulfonamides is 1. The summed E-state index contributed by atoms with van der Waals surface area (Å²) in [4.78, 5) is 27.3. The van der Waals surface area contributed by atoms with Crippen LogP contribution < -0.4 is 15.4 Å². The monoisotopic (exact) mass is 422 g/mol. The minimum absolute atomic E-state index is 0.0242. The van der Waals surface area contributed by atoms with Crippen molar-refractivity contribution in [2.45, 2.75) is 18.1 Å². The summed E-state index contributed by atoms with van der Waals surface area (Å²) in [6.07, 6.45) is 6.09. The average Bonchev–Trinajstić information content (AvgIpc) is 3.28. The van der Waals surface area contributed by atoms with Crippen LogP contribution in [0.5, 0.6) is 0 Å². The van der Waals surface area contributed by atoms with E-state index in [4.69, 9.17) is 0 Å². The molecular weight excluding hydrogens is 404 g/mol. The summed E-state index contributed by atoms with van der Waals surface area (Å²) >= 11 is 0.881. The summed E-state index contributed by atoms with van der Waals surface area (Å²) in [6, 6.07) is 1.74. The Hall–Kier alpha value is -2.90. The van der Waals surface area contributed by atoms with E-state index in [1.165, 1.54) is 19.4 Å². The maximum absolute atomic E-state index is 12.3. The molecule has 0 atom stereocenters. The van der Waals surface area contributed by atoms with Crippen molar-refractivity contribution in [2.24, 2.45) is 0 Å².